The second kappa shape index (κ2) is 10.4. The molecule has 9 nitrogen and oxygen atoms in total. The Hall–Kier alpha value is -4.66. The Bertz CT molecular complexity index is 1390. The number of amides is 1. The van der Waals surface area contributed by atoms with E-state index in [9.17, 15) is 14.7 Å². The van der Waals surface area contributed by atoms with Crippen LogP contribution >= 0.6 is 0 Å². The molecule has 1 N–H and O–H groups in total. The third kappa shape index (κ3) is 4.36. The van der Waals surface area contributed by atoms with E-state index in [4.69, 9.17) is 23.7 Å². The second-order valence-electron chi connectivity index (χ2n) is 8.73. The summed E-state index contributed by atoms with van der Waals surface area (Å²) in [5.74, 6) is 0.207. The highest BCUT2D eigenvalue weighted by atomic mass is 16.6. The summed E-state index contributed by atoms with van der Waals surface area (Å²) in [6, 6.07) is 16.6. The van der Waals surface area contributed by atoms with Crippen molar-refractivity contribution in [1.82, 2.24) is 4.90 Å². The maximum absolute atomic E-state index is 13.5. The summed E-state index contributed by atoms with van der Waals surface area (Å²) in [7, 11) is 4.46. The van der Waals surface area contributed by atoms with Gasteiger partial charge >= 0.3 is 0 Å². The number of ketones is 1. The van der Waals surface area contributed by atoms with Crippen LogP contribution in [-0.2, 0) is 16.1 Å². The standard InChI is InChI=1S/C29H27NO8/c1-34-22-14-19(15-23(35-2)28(22)36-3)25-24(26(31)18-9-10-20-21(13-18)38-12-11-37-20)27(32)29(33)30(25)16-17-7-5-4-6-8-17/h4-10,13-15,25,31H,11-12,16H2,1-3H3/t25-/m0/s1. The van der Waals surface area contributed by atoms with Gasteiger partial charge in [-0.1, -0.05) is 30.3 Å². The maximum atomic E-state index is 13.5. The summed E-state index contributed by atoms with van der Waals surface area (Å²) in [5, 5.41) is 11.5. The molecule has 1 atom stereocenters. The van der Waals surface area contributed by atoms with Crippen molar-refractivity contribution in [2.75, 3.05) is 34.5 Å². The van der Waals surface area contributed by atoms with Crippen LogP contribution in [0, 0.1) is 0 Å². The zero-order chi connectivity index (χ0) is 26.8. The molecule has 5 rings (SSSR count). The molecule has 1 saturated heterocycles. The summed E-state index contributed by atoms with van der Waals surface area (Å²) >= 11 is 0. The first kappa shape index (κ1) is 25.0. The van der Waals surface area contributed by atoms with Gasteiger partial charge in [0.2, 0.25) is 5.75 Å². The highest BCUT2D eigenvalue weighted by Crippen LogP contribution is 2.46. The first-order valence-corrected chi connectivity index (χ1v) is 12.0. The highest BCUT2D eigenvalue weighted by molar-refractivity contribution is 6.46. The van der Waals surface area contributed by atoms with E-state index in [0.29, 0.717) is 53.1 Å². The Morgan fingerprint density at radius 1 is 0.895 bits per heavy atom. The number of benzene rings is 3. The number of hydrogen-bond donors (Lipinski definition) is 1. The van der Waals surface area contributed by atoms with Gasteiger partial charge in [0.15, 0.2) is 23.0 Å². The normalized spacial score (nSPS) is 17.9. The summed E-state index contributed by atoms with van der Waals surface area (Å²) in [6.07, 6.45) is 0. The SMILES string of the molecule is COc1cc([C@H]2C(=C(O)c3ccc4c(c3)OCCO4)C(=O)C(=O)N2Cc2ccccc2)cc(OC)c1OC. The molecule has 0 bridgehead atoms. The fraction of sp³-hybridized carbons (Fsp3) is 0.241. The van der Waals surface area contributed by atoms with Gasteiger partial charge in [0.25, 0.3) is 11.7 Å². The Kier molecular flexibility index (Phi) is 6.83. The van der Waals surface area contributed by atoms with Gasteiger partial charge in [-0.05, 0) is 41.5 Å². The molecule has 9 heteroatoms. The lowest BCUT2D eigenvalue weighted by Crippen LogP contribution is -2.29. The van der Waals surface area contributed by atoms with Gasteiger partial charge in [-0.2, -0.15) is 0 Å². The Labute approximate surface area is 219 Å². The monoisotopic (exact) mass is 517 g/mol. The molecule has 1 fully saturated rings. The predicted molar refractivity (Wildman–Crippen MR) is 138 cm³/mol. The number of carbonyl (C=O) groups is 2. The lowest BCUT2D eigenvalue weighted by molar-refractivity contribution is -0.140. The number of carbonyl (C=O) groups excluding carboxylic acids is 2. The Morgan fingerprint density at radius 3 is 2.18 bits per heavy atom. The van der Waals surface area contributed by atoms with E-state index in [2.05, 4.69) is 0 Å². The average molecular weight is 518 g/mol. The number of ether oxygens (including phenoxy) is 5. The van der Waals surface area contributed by atoms with Crippen molar-refractivity contribution in [2.24, 2.45) is 0 Å². The summed E-state index contributed by atoms with van der Waals surface area (Å²) in [5.41, 5.74) is 1.60. The molecule has 3 aromatic carbocycles. The van der Waals surface area contributed by atoms with Gasteiger partial charge in [-0.3, -0.25) is 9.59 Å². The smallest absolute Gasteiger partial charge is 0.295 e. The lowest BCUT2D eigenvalue weighted by Gasteiger charge is -2.27. The topological polar surface area (TPSA) is 104 Å². The highest BCUT2D eigenvalue weighted by Gasteiger charge is 2.46. The summed E-state index contributed by atoms with van der Waals surface area (Å²) in [6.45, 7) is 0.929. The minimum absolute atomic E-state index is 0.0584. The van der Waals surface area contributed by atoms with Crippen molar-refractivity contribution < 1.29 is 38.4 Å². The molecule has 3 aromatic rings. The number of nitrogens with zero attached hydrogens (tertiary/aromatic N) is 1. The van der Waals surface area contributed by atoms with Crippen molar-refractivity contribution in [3.05, 3.63) is 82.9 Å². The van der Waals surface area contributed by atoms with Crippen LogP contribution < -0.4 is 23.7 Å². The number of rotatable bonds is 7. The van der Waals surface area contributed by atoms with Gasteiger partial charge in [0.05, 0.1) is 32.9 Å². The quantitative estimate of drug-likeness (QED) is 0.284. The molecule has 2 aliphatic rings. The number of aliphatic hydroxyl groups excluding tert-OH is 1. The first-order chi connectivity index (χ1) is 18.5. The summed E-state index contributed by atoms with van der Waals surface area (Å²) < 4.78 is 27.7. The van der Waals surface area contributed by atoms with Crippen LogP contribution in [0.15, 0.2) is 66.2 Å². The number of hydrogen-bond acceptors (Lipinski definition) is 8. The van der Waals surface area contributed by atoms with E-state index >= 15 is 0 Å². The van der Waals surface area contributed by atoms with Gasteiger partial charge in [-0.25, -0.2) is 0 Å². The number of fused-ring (bicyclic) bond motifs is 1. The lowest BCUT2D eigenvalue weighted by atomic mass is 9.94. The van der Waals surface area contributed by atoms with Crippen LogP contribution in [0.4, 0.5) is 0 Å². The summed E-state index contributed by atoms with van der Waals surface area (Å²) in [4.78, 5) is 28.3. The van der Waals surface area contributed by atoms with Crippen LogP contribution in [0.1, 0.15) is 22.7 Å². The molecule has 1 amide bonds. The number of aliphatic hydroxyl groups is 1. The van der Waals surface area contributed by atoms with Gasteiger partial charge in [0, 0.05) is 12.1 Å². The number of methoxy groups -OCH3 is 3. The van der Waals surface area contributed by atoms with Crippen molar-refractivity contribution in [3.63, 3.8) is 0 Å². The van der Waals surface area contributed by atoms with E-state index in [1.165, 1.54) is 26.2 Å². The van der Waals surface area contributed by atoms with Crippen molar-refractivity contribution in [3.8, 4) is 28.7 Å². The van der Waals surface area contributed by atoms with Crippen LogP contribution in [-0.4, -0.2) is 56.2 Å². The molecule has 38 heavy (non-hydrogen) atoms. The van der Waals surface area contributed by atoms with Crippen LogP contribution in [0.25, 0.3) is 5.76 Å². The fourth-order valence-corrected chi connectivity index (χ4v) is 4.78. The molecule has 2 heterocycles. The largest absolute Gasteiger partial charge is 0.507 e. The van der Waals surface area contributed by atoms with Gasteiger partial charge < -0.3 is 33.7 Å². The molecule has 0 aliphatic carbocycles. The minimum Gasteiger partial charge on any atom is -0.507 e. The van der Waals surface area contributed by atoms with E-state index in [1.54, 1.807) is 30.3 Å². The van der Waals surface area contributed by atoms with Crippen LogP contribution in [0.2, 0.25) is 0 Å². The third-order valence-electron chi connectivity index (χ3n) is 6.55. The molecule has 0 aromatic heterocycles. The second-order valence-corrected chi connectivity index (χ2v) is 8.73. The molecule has 196 valence electrons. The molecular weight excluding hydrogens is 490 g/mol. The minimum atomic E-state index is -0.933. The molecule has 0 spiro atoms. The van der Waals surface area contributed by atoms with E-state index in [0.717, 1.165) is 5.56 Å². The van der Waals surface area contributed by atoms with E-state index in [-0.39, 0.29) is 17.9 Å². The zero-order valence-electron chi connectivity index (χ0n) is 21.2. The van der Waals surface area contributed by atoms with Gasteiger partial charge in [-0.15, -0.1) is 0 Å². The molecule has 0 saturated carbocycles. The average Bonchev–Trinajstić information content (AvgIpc) is 3.21. The number of likely N-dealkylation sites (tertiary alicyclic amines) is 1. The van der Waals surface area contributed by atoms with E-state index < -0.39 is 17.7 Å². The molecule has 0 radical (unpaired) electrons. The van der Waals surface area contributed by atoms with Crippen molar-refractivity contribution in [1.29, 1.82) is 0 Å². The first-order valence-electron chi connectivity index (χ1n) is 12.0. The van der Waals surface area contributed by atoms with E-state index in [1.807, 2.05) is 30.3 Å². The van der Waals surface area contributed by atoms with Crippen molar-refractivity contribution >= 4 is 17.4 Å². The zero-order valence-corrected chi connectivity index (χ0v) is 21.2. The fourth-order valence-electron chi connectivity index (χ4n) is 4.78. The Morgan fingerprint density at radius 2 is 1.55 bits per heavy atom. The molecule has 2 aliphatic heterocycles. The maximum Gasteiger partial charge on any atom is 0.295 e. The van der Waals surface area contributed by atoms with Gasteiger partial charge in [0.1, 0.15) is 19.0 Å². The van der Waals surface area contributed by atoms with Crippen molar-refractivity contribution in [2.45, 2.75) is 12.6 Å². The molecule has 0 unspecified atom stereocenters. The molecular formula is C29H27NO8. The predicted octanol–water partition coefficient (Wildman–Crippen LogP) is 4.11. The number of Topliss-reactive ketones (excluding diaryl/α,β-unsaturated/α-hetero) is 1. The van der Waals surface area contributed by atoms with Crippen LogP contribution in [0.5, 0.6) is 28.7 Å². The third-order valence-corrected chi connectivity index (χ3v) is 6.55. The van der Waals surface area contributed by atoms with Crippen LogP contribution in [0.3, 0.4) is 0 Å². The Balaban J connectivity index is 1.70.